The predicted molar refractivity (Wildman–Crippen MR) is 122 cm³/mol. The number of benzene rings is 2. The molecule has 5 rings (SSSR count). The van der Waals surface area contributed by atoms with Crippen LogP contribution in [0.3, 0.4) is 0 Å². The SMILES string of the molecule is Cc1ccc(-c2cnc(O)c3cc(-c4ccccc4)c(-c4ccc(CN)cc4)nc23)o1. The van der Waals surface area contributed by atoms with Crippen LogP contribution in [0.2, 0.25) is 0 Å². The van der Waals surface area contributed by atoms with E-state index in [0.29, 0.717) is 23.2 Å². The molecule has 0 atom stereocenters. The summed E-state index contributed by atoms with van der Waals surface area (Å²) in [4.78, 5) is 9.23. The Morgan fingerprint density at radius 3 is 2.35 bits per heavy atom. The van der Waals surface area contributed by atoms with Gasteiger partial charge in [0.1, 0.15) is 11.5 Å². The van der Waals surface area contributed by atoms with Gasteiger partial charge in [0.05, 0.1) is 22.2 Å². The number of aromatic nitrogens is 2. The molecule has 0 aliphatic heterocycles. The molecule has 0 bridgehead atoms. The Morgan fingerprint density at radius 2 is 1.68 bits per heavy atom. The molecule has 3 N–H and O–H groups in total. The van der Waals surface area contributed by atoms with Crippen LogP contribution in [-0.4, -0.2) is 15.1 Å². The van der Waals surface area contributed by atoms with Crippen molar-refractivity contribution in [2.75, 3.05) is 0 Å². The summed E-state index contributed by atoms with van der Waals surface area (Å²) in [5.74, 6) is 1.41. The van der Waals surface area contributed by atoms with E-state index in [0.717, 1.165) is 39.3 Å². The molecule has 0 spiro atoms. The number of hydrogen-bond acceptors (Lipinski definition) is 5. The normalized spacial score (nSPS) is 11.2. The molecule has 2 aromatic carbocycles. The molecule has 0 unspecified atom stereocenters. The predicted octanol–water partition coefficient (Wildman–Crippen LogP) is 5.70. The molecule has 3 aromatic heterocycles. The van der Waals surface area contributed by atoms with E-state index in [4.69, 9.17) is 15.1 Å². The van der Waals surface area contributed by atoms with Gasteiger partial charge in [0.25, 0.3) is 0 Å². The maximum absolute atomic E-state index is 10.6. The first kappa shape index (κ1) is 19.0. The highest BCUT2D eigenvalue weighted by Crippen LogP contribution is 2.39. The summed E-state index contributed by atoms with van der Waals surface area (Å²) in [7, 11) is 0. The number of aryl methyl sites for hydroxylation is 1. The molecule has 0 saturated heterocycles. The number of aromatic hydroxyl groups is 1. The summed E-state index contributed by atoms with van der Waals surface area (Å²) >= 11 is 0. The molecule has 5 aromatic rings. The molecule has 0 radical (unpaired) electrons. The fourth-order valence-corrected chi connectivity index (χ4v) is 3.76. The van der Waals surface area contributed by atoms with E-state index < -0.39 is 0 Å². The third-order valence-corrected chi connectivity index (χ3v) is 5.39. The van der Waals surface area contributed by atoms with E-state index in [2.05, 4.69) is 4.98 Å². The van der Waals surface area contributed by atoms with E-state index in [9.17, 15) is 5.11 Å². The highest BCUT2D eigenvalue weighted by molar-refractivity contribution is 6.00. The van der Waals surface area contributed by atoms with Crippen molar-refractivity contribution in [1.82, 2.24) is 9.97 Å². The van der Waals surface area contributed by atoms with Gasteiger partial charge in [0.15, 0.2) is 0 Å². The monoisotopic (exact) mass is 407 g/mol. The third-order valence-electron chi connectivity index (χ3n) is 5.39. The van der Waals surface area contributed by atoms with Gasteiger partial charge in [-0.2, -0.15) is 0 Å². The lowest BCUT2D eigenvalue weighted by atomic mass is 9.96. The van der Waals surface area contributed by atoms with Crippen molar-refractivity contribution in [1.29, 1.82) is 0 Å². The summed E-state index contributed by atoms with van der Waals surface area (Å²) in [6.07, 6.45) is 1.60. The van der Waals surface area contributed by atoms with E-state index in [1.165, 1.54) is 0 Å². The largest absolute Gasteiger partial charge is 0.493 e. The average molecular weight is 407 g/mol. The van der Waals surface area contributed by atoms with Crippen molar-refractivity contribution in [2.24, 2.45) is 5.73 Å². The standard InChI is InChI=1S/C26H21N3O2/c1-16-7-12-23(31-16)22-15-28-26(30)21-13-20(18-5-3-2-4-6-18)24(29-25(21)22)19-10-8-17(14-27)9-11-19/h2-13,15H,14,27H2,1H3,(H,28,30). The second-order valence-electron chi connectivity index (χ2n) is 7.45. The molecule has 31 heavy (non-hydrogen) atoms. The lowest BCUT2D eigenvalue weighted by Gasteiger charge is -2.14. The molecule has 0 aliphatic rings. The van der Waals surface area contributed by atoms with Crippen LogP contribution < -0.4 is 5.73 Å². The average Bonchev–Trinajstić information content (AvgIpc) is 3.25. The Labute approximate surface area is 179 Å². The quantitative estimate of drug-likeness (QED) is 0.399. The Balaban J connectivity index is 1.83. The first-order chi connectivity index (χ1) is 15.1. The van der Waals surface area contributed by atoms with Crippen LogP contribution in [0.1, 0.15) is 11.3 Å². The van der Waals surface area contributed by atoms with Gasteiger partial charge >= 0.3 is 0 Å². The van der Waals surface area contributed by atoms with E-state index in [1.807, 2.05) is 79.7 Å². The number of rotatable bonds is 4. The molecule has 0 amide bonds. The number of fused-ring (bicyclic) bond motifs is 1. The van der Waals surface area contributed by atoms with Crippen molar-refractivity contribution in [3.63, 3.8) is 0 Å². The maximum atomic E-state index is 10.6. The van der Waals surface area contributed by atoms with Crippen LogP contribution in [0, 0.1) is 6.92 Å². The van der Waals surface area contributed by atoms with Crippen LogP contribution >= 0.6 is 0 Å². The van der Waals surface area contributed by atoms with Crippen molar-refractivity contribution >= 4 is 10.9 Å². The Kier molecular flexibility index (Phi) is 4.73. The van der Waals surface area contributed by atoms with Gasteiger partial charge in [-0.1, -0.05) is 54.6 Å². The molecule has 0 fully saturated rings. The fraction of sp³-hybridized carbons (Fsp3) is 0.0769. The molecule has 3 heterocycles. The lowest BCUT2D eigenvalue weighted by Crippen LogP contribution is -1.97. The highest BCUT2D eigenvalue weighted by atomic mass is 16.3. The number of nitrogens with zero attached hydrogens (tertiary/aromatic N) is 2. The summed E-state index contributed by atoms with van der Waals surface area (Å²) in [5, 5.41) is 11.1. The van der Waals surface area contributed by atoms with Gasteiger partial charge < -0.3 is 15.3 Å². The van der Waals surface area contributed by atoms with Crippen LogP contribution in [0.4, 0.5) is 0 Å². The molecule has 5 nitrogen and oxygen atoms in total. The van der Waals surface area contributed by atoms with Crippen molar-refractivity contribution in [3.8, 4) is 39.6 Å². The van der Waals surface area contributed by atoms with Gasteiger partial charge in [-0.15, -0.1) is 0 Å². The van der Waals surface area contributed by atoms with Crippen molar-refractivity contribution < 1.29 is 9.52 Å². The van der Waals surface area contributed by atoms with Crippen LogP contribution in [-0.2, 0) is 6.54 Å². The zero-order valence-corrected chi connectivity index (χ0v) is 17.0. The number of nitrogens with two attached hydrogens (primary N) is 1. The summed E-state index contributed by atoms with van der Waals surface area (Å²) < 4.78 is 5.83. The maximum Gasteiger partial charge on any atom is 0.220 e. The molecule has 5 heteroatoms. The molecular formula is C26H21N3O2. The minimum Gasteiger partial charge on any atom is -0.493 e. The molecule has 0 saturated carbocycles. The highest BCUT2D eigenvalue weighted by Gasteiger charge is 2.18. The van der Waals surface area contributed by atoms with Crippen LogP contribution in [0.25, 0.3) is 44.6 Å². The molecule has 0 aliphatic carbocycles. The topological polar surface area (TPSA) is 85.2 Å². The van der Waals surface area contributed by atoms with Gasteiger partial charge in [-0.25, -0.2) is 9.97 Å². The Hall–Kier alpha value is -3.96. The Morgan fingerprint density at radius 1 is 0.903 bits per heavy atom. The third kappa shape index (κ3) is 3.45. The molecule has 152 valence electrons. The second-order valence-corrected chi connectivity index (χ2v) is 7.45. The lowest BCUT2D eigenvalue weighted by molar-refractivity contribution is 0.460. The summed E-state index contributed by atoms with van der Waals surface area (Å²) in [6.45, 7) is 2.38. The van der Waals surface area contributed by atoms with Gasteiger partial charge in [0, 0.05) is 23.9 Å². The van der Waals surface area contributed by atoms with E-state index in [1.54, 1.807) is 6.20 Å². The second kappa shape index (κ2) is 7.70. The number of furan rings is 1. The smallest absolute Gasteiger partial charge is 0.220 e. The summed E-state index contributed by atoms with van der Waals surface area (Å²) in [5.41, 5.74) is 11.9. The van der Waals surface area contributed by atoms with Crippen LogP contribution in [0.5, 0.6) is 5.88 Å². The Bertz CT molecular complexity index is 1370. The van der Waals surface area contributed by atoms with Crippen molar-refractivity contribution in [3.05, 3.63) is 90.3 Å². The minimum absolute atomic E-state index is 0.0586. The zero-order valence-electron chi connectivity index (χ0n) is 17.0. The minimum atomic E-state index is -0.0586. The van der Waals surface area contributed by atoms with Crippen LogP contribution in [0.15, 0.2) is 83.4 Å². The first-order valence-corrected chi connectivity index (χ1v) is 10.1. The summed E-state index contributed by atoms with van der Waals surface area (Å²) in [6, 6.07) is 23.8. The number of hydrogen-bond donors (Lipinski definition) is 2. The number of pyridine rings is 2. The van der Waals surface area contributed by atoms with E-state index >= 15 is 0 Å². The molecular weight excluding hydrogens is 386 g/mol. The van der Waals surface area contributed by atoms with Gasteiger partial charge in [-0.3, -0.25) is 0 Å². The van der Waals surface area contributed by atoms with Gasteiger partial charge in [0.2, 0.25) is 5.88 Å². The van der Waals surface area contributed by atoms with E-state index in [-0.39, 0.29) is 5.88 Å². The van der Waals surface area contributed by atoms with Crippen molar-refractivity contribution in [2.45, 2.75) is 13.5 Å². The van der Waals surface area contributed by atoms with Gasteiger partial charge in [-0.05, 0) is 36.2 Å². The zero-order chi connectivity index (χ0) is 21.4. The fourth-order valence-electron chi connectivity index (χ4n) is 3.76. The first-order valence-electron chi connectivity index (χ1n) is 10.1.